The molecular formula is C13H14N2O2. The van der Waals surface area contributed by atoms with Gasteiger partial charge in [0.2, 0.25) is 5.89 Å². The molecule has 1 atom stereocenters. The Hall–Kier alpha value is -1.81. The van der Waals surface area contributed by atoms with Crippen molar-refractivity contribution in [2.75, 3.05) is 13.1 Å². The molecule has 1 aliphatic heterocycles. The molecule has 0 radical (unpaired) electrons. The van der Waals surface area contributed by atoms with Gasteiger partial charge in [-0.1, -0.05) is 6.07 Å². The van der Waals surface area contributed by atoms with Gasteiger partial charge in [0, 0.05) is 18.0 Å². The highest BCUT2D eigenvalue weighted by atomic mass is 16.3. The van der Waals surface area contributed by atoms with E-state index in [0.29, 0.717) is 11.8 Å². The van der Waals surface area contributed by atoms with Crippen LogP contribution in [0.4, 0.5) is 0 Å². The minimum Gasteiger partial charge on any atom is -0.508 e. The molecule has 2 aromatic rings. The van der Waals surface area contributed by atoms with Crippen molar-refractivity contribution in [3.63, 3.8) is 0 Å². The second-order valence-corrected chi connectivity index (χ2v) is 4.32. The SMILES string of the molecule is Oc1cccc(-c2nc(C3CCNC3)co2)c1. The molecule has 1 aromatic heterocycles. The molecule has 17 heavy (non-hydrogen) atoms. The number of phenols is 1. The maximum absolute atomic E-state index is 9.41. The average molecular weight is 230 g/mol. The lowest BCUT2D eigenvalue weighted by molar-refractivity contribution is 0.475. The van der Waals surface area contributed by atoms with Gasteiger partial charge in [-0.05, 0) is 31.2 Å². The Morgan fingerprint density at radius 3 is 3.12 bits per heavy atom. The second kappa shape index (κ2) is 4.22. The van der Waals surface area contributed by atoms with E-state index >= 15 is 0 Å². The third-order valence-electron chi connectivity index (χ3n) is 3.09. The molecule has 2 heterocycles. The number of hydrogen-bond donors (Lipinski definition) is 2. The highest BCUT2D eigenvalue weighted by Crippen LogP contribution is 2.27. The summed E-state index contributed by atoms with van der Waals surface area (Å²) in [4.78, 5) is 4.49. The summed E-state index contributed by atoms with van der Waals surface area (Å²) < 4.78 is 5.47. The van der Waals surface area contributed by atoms with Crippen LogP contribution >= 0.6 is 0 Å². The van der Waals surface area contributed by atoms with E-state index in [1.807, 2.05) is 6.07 Å². The molecular weight excluding hydrogens is 216 g/mol. The molecule has 2 N–H and O–H groups in total. The highest BCUT2D eigenvalue weighted by molar-refractivity contribution is 5.55. The monoisotopic (exact) mass is 230 g/mol. The number of rotatable bonds is 2. The topological polar surface area (TPSA) is 58.3 Å². The van der Waals surface area contributed by atoms with Crippen molar-refractivity contribution in [1.82, 2.24) is 10.3 Å². The molecule has 1 aliphatic rings. The van der Waals surface area contributed by atoms with Gasteiger partial charge in [-0.2, -0.15) is 0 Å². The van der Waals surface area contributed by atoms with Crippen molar-refractivity contribution in [3.8, 4) is 17.2 Å². The van der Waals surface area contributed by atoms with Gasteiger partial charge in [0.15, 0.2) is 0 Å². The third kappa shape index (κ3) is 2.03. The maximum atomic E-state index is 9.41. The third-order valence-corrected chi connectivity index (χ3v) is 3.09. The van der Waals surface area contributed by atoms with Gasteiger partial charge in [0.25, 0.3) is 0 Å². The standard InChI is InChI=1S/C13H14N2O2/c16-11-3-1-2-9(6-11)13-15-12(8-17-13)10-4-5-14-7-10/h1-3,6,8,10,14,16H,4-5,7H2. The first-order valence-electron chi connectivity index (χ1n) is 5.78. The fraction of sp³-hybridized carbons (Fsp3) is 0.308. The Morgan fingerprint density at radius 2 is 2.35 bits per heavy atom. The fourth-order valence-electron chi connectivity index (χ4n) is 2.15. The second-order valence-electron chi connectivity index (χ2n) is 4.32. The number of aromatic hydroxyl groups is 1. The van der Waals surface area contributed by atoms with E-state index in [4.69, 9.17) is 4.42 Å². The molecule has 1 saturated heterocycles. The average Bonchev–Trinajstić information content (AvgIpc) is 3.00. The Labute approximate surface area is 99.3 Å². The Balaban J connectivity index is 1.89. The van der Waals surface area contributed by atoms with Crippen molar-refractivity contribution < 1.29 is 9.52 Å². The van der Waals surface area contributed by atoms with E-state index < -0.39 is 0 Å². The van der Waals surface area contributed by atoms with Gasteiger partial charge in [-0.25, -0.2) is 4.98 Å². The summed E-state index contributed by atoms with van der Waals surface area (Å²) in [5.41, 5.74) is 1.80. The van der Waals surface area contributed by atoms with Crippen LogP contribution in [0.15, 0.2) is 34.9 Å². The zero-order valence-corrected chi connectivity index (χ0v) is 9.39. The van der Waals surface area contributed by atoms with Crippen LogP contribution in [-0.2, 0) is 0 Å². The number of nitrogens with one attached hydrogen (secondary N) is 1. The zero-order valence-electron chi connectivity index (χ0n) is 9.39. The van der Waals surface area contributed by atoms with Crippen molar-refractivity contribution in [1.29, 1.82) is 0 Å². The Bertz CT molecular complexity index is 516. The zero-order chi connectivity index (χ0) is 11.7. The molecule has 1 unspecified atom stereocenters. The minimum absolute atomic E-state index is 0.227. The number of nitrogens with zero attached hydrogens (tertiary/aromatic N) is 1. The highest BCUT2D eigenvalue weighted by Gasteiger charge is 2.20. The van der Waals surface area contributed by atoms with Crippen LogP contribution in [-0.4, -0.2) is 23.2 Å². The van der Waals surface area contributed by atoms with Crippen LogP contribution in [0.5, 0.6) is 5.75 Å². The van der Waals surface area contributed by atoms with E-state index in [-0.39, 0.29) is 5.75 Å². The van der Waals surface area contributed by atoms with E-state index in [2.05, 4.69) is 10.3 Å². The maximum Gasteiger partial charge on any atom is 0.226 e. The lowest BCUT2D eigenvalue weighted by Crippen LogP contribution is -2.08. The first-order chi connectivity index (χ1) is 8.33. The van der Waals surface area contributed by atoms with E-state index in [1.54, 1.807) is 24.5 Å². The fourth-order valence-corrected chi connectivity index (χ4v) is 2.15. The molecule has 0 aliphatic carbocycles. The van der Waals surface area contributed by atoms with Gasteiger partial charge in [0.05, 0.1) is 5.69 Å². The molecule has 0 spiro atoms. The molecule has 1 fully saturated rings. The number of hydrogen-bond acceptors (Lipinski definition) is 4. The van der Waals surface area contributed by atoms with Crippen molar-refractivity contribution in [2.24, 2.45) is 0 Å². The van der Waals surface area contributed by atoms with E-state index in [1.165, 1.54) is 0 Å². The van der Waals surface area contributed by atoms with Gasteiger partial charge in [0.1, 0.15) is 12.0 Å². The molecule has 0 bridgehead atoms. The van der Waals surface area contributed by atoms with Gasteiger partial charge >= 0.3 is 0 Å². The summed E-state index contributed by atoms with van der Waals surface area (Å²) in [6, 6.07) is 6.95. The summed E-state index contributed by atoms with van der Waals surface area (Å²) >= 11 is 0. The predicted molar refractivity (Wildman–Crippen MR) is 63.8 cm³/mol. The lowest BCUT2D eigenvalue weighted by atomic mass is 10.1. The van der Waals surface area contributed by atoms with E-state index in [0.717, 1.165) is 30.8 Å². The lowest BCUT2D eigenvalue weighted by Gasteiger charge is -2.01. The van der Waals surface area contributed by atoms with Crippen molar-refractivity contribution in [2.45, 2.75) is 12.3 Å². The van der Waals surface area contributed by atoms with Crippen LogP contribution in [0.2, 0.25) is 0 Å². The molecule has 0 saturated carbocycles. The number of benzene rings is 1. The minimum atomic E-state index is 0.227. The Morgan fingerprint density at radius 1 is 1.41 bits per heavy atom. The Kier molecular flexibility index (Phi) is 2.57. The smallest absolute Gasteiger partial charge is 0.226 e. The van der Waals surface area contributed by atoms with Crippen LogP contribution in [0.25, 0.3) is 11.5 Å². The summed E-state index contributed by atoms with van der Waals surface area (Å²) in [7, 11) is 0. The summed E-state index contributed by atoms with van der Waals surface area (Å²) in [5, 5.41) is 12.7. The largest absolute Gasteiger partial charge is 0.508 e. The summed E-state index contributed by atoms with van der Waals surface area (Å²) in [6.07, 6.45) is 2.82. The van der Waals surface area contributed by atoms with Gasteiger partial charge in [-0.3, -0.25) is 0 Å². The number of oxazole rings is 1. The van der Waals surface area contributed by atoms with E-state index in [9.17, 15) is 5.11 Å². The van der Waals surface area contributed by atoms with Crippen molar-refractivity contribution >= 4 is 0 Å². The predicted octanol–water partition coefficient (Wildman–Crippen LogP) is 2.12. The summed E-state index contributed by atoms with van der Waals surface area (Å²) in [5.74, 6) is 1.25. The number of phenolic OH excluding ortho intramolecular Hbond substituents is 1. The van der Waals surface area contributed by atoms with Crippen LogP contribution in [0.3, 0.4) is 0 Å². The van der Waals surface area contributed by atoms with Crippen LogP contribution in [0.1, 0.15) is 18.0 Å². The van der Waals surface area contributed by atoms with Gasteiger partial charge in [-0.15, -0.1) is 0 Å². The van der Waals surface area contributed by atoms with Crippen LogP contribution in [0, 0.1) is 0 Å². The van der Waals surface area contributed by atoms with Gasteiger partial charge < -0.3 is 14.8 Å². The first kappa shape index (κ1) is 10.4. The number of aromatic nitrogens is 1. The van der Waals surface area contributed by atoms with Crippen LogP contribution < -0.4 is 5.32 Å². The first-order valence-corrected chi connectivity index (χ1v) is 5.78. The van der Waals surface area contributed by atoms with Crippen molar-refractivity contribution in [3.05, 3.63) is 36.2 Å². The quantitative estimate of drug-likeness (QED) is 0.829. The summed E-state index contributed by atoms with van der Waals surface area (Å²) in [6.45, 7) is 2.00. The molecule has 4 nitrogen and oxygen atoms in total. The normalized spacial score (nSPS) is 19.6. The molecule has 88 valence electrons. The molecule has 4 heteroatoms. The molecule has 1 aromatic carbocycles. The molecule has 0 amide bonds. The molecule has 3 rings (SSSR count).